The highest BCUT2D eigenvalue weighted by Gasteiger charge is 2.27. The Bertz CT molecular complexity index is 1270. The normalized spacial score (nSPS) is 22.8. The number of benzene rings is 1. The first-order chi connectivity index (χ1) is 18.4. The fourth-order valence-corrected chi connectivity index (χ4v) is 6.95. The second-order valence-electron chi connectivity index (χ2n) is 10.7. The number of aryl methyl sites for hydroxylation is 1. The average Bonchev–Trinajstić information content (AvgIpc) is 3.27. The fraction of sp³-hybridized carbons (Fsp3) is 0.552. The Balaban J connectivity index is 1.37. The molecule has 1 aromatic carbocycles. The van der Waals surface area contributed by atoms with E-state index in [1.807, 2.05) is 13.8 Å². The Morgan fingerprint density at radius 1 is 1.21 bits per heavy atom. The van der Waals surface area contributed by atoms with Crippen LogP contribution in [-0.4, -0.2) is 48.2 Å². The van der Waals surface area contributed by atoms with Gasteiger partial charge in [0.1, 0.15) is 28.5 Å². The average molecular weight is 541 g/mol. The maximum absolute atomic E-state index is 14.2. The second-order valence-corrected chi connectivity index (χ2v) is 11.7. The molecule has 2 fully saturated rings. The molecule has 2 aliphatic rings. The van der Waals surface area contributed by atoms with Crippen LogP contribution in [0.4, 0.5) is 15.9 Å². The van der Waals surface area contributed by atoms with Gasteiger partial charge in [0.25, 0.3) is 0 Å². The van der Waals surface area contributed by atoms with Crippen molar-refractivity contribution >= 4 is 38.8 Å². The molecule has 3 heterocycles. The highest BCUT2D eigenvalue weighted by atomic mass is 32.1. The summed E-state index contributed by atoms with van der Waals surface area (Å²) in [5.74, 6) is 1.34. The molecule has 204 valence electrons. The number of hydrogen-bond acceptors (Lipinski definition) is 8. The molecule has 0 bridgehead atoms. The van der Waals surface area contributed by atoms with Gasteiger partial charge in [-0.25, -0.2) is 14.4 Å². The number of nitrogens with zero attached hydrogens (tertiary/aromatic N) is 2. The Kier molecular flexibility index (Phi) is 8.55. The molecule has 1 saturated heterocycles. The molecule has 3 aromatic rings. The monoisotopic (exact) mass is 540 g/mol. The van der Waals surface area contributed by atoms with Crippen LogP contribution in [0.1, 0.15) is 67.1 Å². The van der Waals surface area contributed by atoms with Crippen molar-refractivity contribution in [1.82, 2.24) is 15.3 Å². The summed E-state index contributed by atoms with van der Waals surface area (Å²) >= 11 is 1.43. The smallest absolute Gasteiger partial charge is 0.175 e. The summed E-state index contributed by atoms with van der Waals surface area (Å²) in [5.41, 5.74) is 1.52. The summed E-state index contributed by atoms with van der Waals surface area (Å²) < 4.78 is 25.9. The third kappa shape index (κ3) is 6.00. The number of Topliss-reactive ketones (excluding diaryl/α,β-unsaturated/α-hetero) is 1. The Morgan fingerprint density at radius 2 is 2.00 bits per heavy atom. The van der Waals surface area contributed by atoms with E-state index in [1.54, 1.807) is 13.2 Å². The molecule has 2 aromatic heterocycles. The molecule has 2 unspecified atom stereocenters. The number of thiophene rings is 1. The Hall–Kier alpha value is -2.62. The number of fused-ring (bicyclic) bond motifs is 1. The molecular weight excluding hydrogens is 503 g/mol. The van der Waals surface area contributed by atoms with Gasteiger partial charge in [0, 0.05) is 19.1 Å². The summed E-state index contributed by atoms with van der Waals surface area (Å²) in [5, 5.41) is 7.63. The minimum Gasteiger partial charge on any atom is -0.488 e. The van der Waals surface area contributed by atoms with Gasteiger partial charge in [0.05, 0.1) is 28.2 Å². The largest absolute Gasteiger partial charge is 0.488 e. The van der Waals surface area contributed by atoms with Crippen molar-refractivity contribution in [3.05, 3.63) is 40.8 Å². The summed E-state index contributed by atoms with van der Waals surface area (Å²) in [6, 6.07) is 4.50. The molecule has 38 heavy (non-hydrogen) atoms. The standard InChI is InChI=1S/C29H37FN4O3S/c1-17(13-19-5-4-12-31-15-19)26(35)27-18(2)25-28(32-16-33-29(25)38-27)34-23-11-6-20(30)14-24(23)37-22-9-7-21(36-3)8-10-22/h6,11,14,16-17,19,21-22,31H,4-5,7-10,12-13,15H2,1-3H3,(H,32,33,34)/t17?,19?,21-,22-. The quantitative estimate of drug-likeness (QED) is 0.303. The molecule has 1 saturated carbocycles. The highest BCUT2D eigenvalue weighted by molar-refractivity contribution is 7.20. The third-order valence-electron chi connectivity index (χ3n) is 7.93. The molecule has 5 rings (SSSR count). The van der Waals surface area contributed by atoms with Gasteiger partial charge in [-0.05, 0) is 88.6 Å². The number of hydrogen-bond donors (Lipinski definition) is 2. The predicted molar refractivity (Wildman–Crippen MR) is 149 cm³/mol. The van der Waals surface area contributed by atoms with Gasteiger partial charge in [0.2, 0.25) is 0 Å². The number of halogens is 1. The van der Waals surface area contributed by atoms with E-state index in [4.69, 9.17) is 9.47 Å². The van der Waals surface area contributed by atoms with Gasteiger partial charge >= 0.3 is 0 Å². The number of carbonyl (C=O) groups excluding carboxylic acids is 1. The number of carbonyl (C=O) groups is 1. The zero-order valence-corrected chi connectivity index (χ0v) is 23.2. The maximum Gasteiger partial charge on any atom is 0.175 e. The molecule has 0 spiro atoms. The minimum atomic E-state index is -0.356. The van der Waals surface area contributed by atoms with Gasteiger partial charge in [0.15, 0.2) is 5.78 Å². The van der Waals surface area contributed by atoms with Crippen LogP contribution in [0, 0.1) is 24.6 Å². The minimum absolute atomic E-state index is 0.00197. The third-order valence-corrected chi connectivity index (χ3v) is 9.14. The van der Waals surface area contributed by atoms with Crippen LogP contribution in [0.25, 0.3) is 10.2 Å². The van der Waals surface area contributed by atoms with Crippen molar-refractivity contribution in [1.29, 1.82) is 0 Å². The van der Waals surface area contributed by atoms with Crippen LogP contribution in [0.5, 0.6) is 5.75 Å². The van der Waals surface area contributed by atoms with Crippen LogP contribution in [-0.2, 0) is 4.74 Å². The summed E-state index contributed by atoms with van der Waals surface area (Å²) in [6.45, 7) is 6.05. The first-order valence-electron chi connectivity index (χ1n) is 13.7. The van der Waals surface area contributed by atoms with Crippen LogP contribution >= 0.6 is 11.3 Å². The van der Waals surface area contributed by atoms with Crippen LogP contribution in [0.3, 0.4) is 0 Å². The van der Waals surface area contributed by atoms with E-state index in [-0.39, 0.29) is 29.7 Å². The van der Waals surface area contributed by atoms with E-state index in [9.17, 15) is 9.18 Å². The number of anilines is 2. The zero-order valence-electron chi connectivity index (χ0n) is 22.4. The van der Waals surface area contributed by atoms with E-state index in [0.29, 0.717) is 23.2 Å². The second kappa shape index (κ2) is 12.1. The van der Waals surface area contributed by atoms with Crippen molar-refractivity contribution in [2.24, 2.45) is 11.8 Å². The summed E-state index contributed by atoms with van der Waals surface area (Å²) in [4.78, 5) is 24.0. The number of ketones is 1. The molecule has 1 aliphatic heterocycles. The van der Waals surface area contributed by atoms with E-state index in [2.05, 4.69) is 20.6 Å². The number of piperidine rings is 1. The lowest BCUT2D eigenvalue weighted by molar-refractivity contribution is 0.0329. The molecule has 2 atom stereocenters. The van der Waals surface area contributed by atoms with Crippen molar-refractivity contribution in [3.63, 3.8) is 0 Å². The summed E-state index contributed by atoms with van der Waals surface area (Å²) in [7, 11) is 1.74. The zero-order chi connectivity index (χ0) is 26.6. The predicted octanol–water partition coefficient (Wildman–Crippen LogP) is 6.43. The van der Waals surface area contributed by atoms with E-state index in [0.717, 1.165) is 65.9 Å². The van der Waals surface area contributed by atoms with Gasteiger partial charge in [-0.15, -0.1) is 11.3 Å². The van der Waals surface area contributed by atoms with E-state index >= 15 is 0 Å². The maximum atomic E-state index is 14.2. The SMILES string of the molecule is CO[C@H]1CC[C@H](Oc2cc(F)ccc2Nc2ncnc3sc(C(=O)C(C)CC4CCCNC4)c(C)c23)CC1. The fourth-order valence-electron chi connectivity index (χ4n) is 5.75. The first-order valence-corrected chi connectivity index (χ1v) is 14.5. The number of rotatable bonds is 9. The van der Waals surface area contributed by atoms with Crippen molar-refractivity contribution in [2.45, 2.75) is 71.0 Å². The molecule has 0 amide bonds. The van der Waals surface area contributed by atoms with Gasteiger partial charge < -0.3 is 20.1 Å². The number of ether oxygens (including phenoxy) is 2. The van der Waals surface area contributed by atoms with Gasteiger partial charge in [-0.1, -0.05) is 6.92 Å². The van der Waals surface area contributed by atoms with Crippen molar-refractivity contribution in [2.75, 3.05) is 25.5 Å². The number of aromatic nitrogens is 2. The summed E-state index contributed by atoms with van der Waals surface area (Å²) in [6.07, 6.45) is 8.55. The Labute approximate surface area is 227 Å². The molecule has 2 N–H and O–H groups in total. The highest BCUT2D eigenvalue weighted by Crippen LogP contribution is 2.39. The van der Waals surface area contributed by atoms with E-state index in [1.165, 1.54) is 42.6 Å². The molecule has 0 radical (unpaired) electrons. The topological polar surface area (TPSA) is 85.4 Å². The molecular formula is C29H37FN4O3S. The van der Waals surface area contributed by atoms with Crippen LogP contribution < -0.4 is 15.4 Å². The van der Waals surface area contributed by atoms with Gasteiger partial charge in [-0.3, -0.25) is 4.79 Å². The first kappa shape index (κ1) is 27.0. The van der Waals surface area contributed by atoms with Crippen LogP contribution in [0.2, 0.25) is 0 Å². The van der Waals surface area contributed by atoms with Crippen molar-refractivity contribution < 1.29 is 18.7 Å². The molecule has 9 heteroatoms. The van der Waals surface area contributed by atoms with Gasteiger partial charge in [-0.2, -0.15) is 0 Å². The molecule has 7 nitrogen and oxygen atoms in total. The lowest BCUT2D eigenvalue weighted by Gasteiger charge is -2.28. The molecule has 1 aliphatic carbocycles. The van der Waals surface area contributed by atoms with Crippen molar-refractivity contribution in [3.8, 4) is 5.75 Å². The van der Waals surface area contributed by atoms with E-state index < -0.39 is 0 Å². The lowest BCUT2D eigenvalue weighted by atomic mass is 9.87. The number of nitrogens with one attached hydrogen (secondary N) is 2. The van der Waals surface area contributed by atoms with Crippen LogP contribution in [0.15, 0.2) is 24.5 Å². The lowest BCUT2D eigenvalue weighted by Crippen LogP contribution is -2.31. The Morgan fingerprint density at radius 3 is 2.74 bits per heavy atom. The number of methoxy groups -OCH3 is 1.